The molecule has 0 saturated heterocycles. The number of amides is 1. The van der Waals surface area contributed by atoms with E-state index in [1.165, 1.54) is 0 Å². The Hall–Kier alpha value is -3.31. The fraction of sp³-hybridized carbons (Fsp3) is 0.120. The molecule has 6 heteroatoms. The van der Waals surface area contributed by atoms with E-state index in [4.69, 9.17) is 9.47 Å². The second kappa shape index (κ2) is 11.2. The van der Waals surface area contributed by atoms with E-state index in [0.29, 0.717) is 24.7 Å². The fourth-order valence-electron chi connectivity index (χ4n) is 2.77. The minimum atomic E-state index is -0.468. The summed E-state index contributed by atoms with van der Waals surface area (Å²) in [5, 5.41) is 12.2. The number of nitriles is 1. The summed E-state index contributed by atoms with van der Waals surface area (Å²) >= 11 is 2.17. The van der Waals surface area contributed by atoms with Gasteiger partial charge in [-0.2, -0.15) is 5.26 Å². The number of anilines is 1. The Morgan fingerprint density at radius 2 is 1.81 bits per heavy atom. The molecule has 3 rings (SSSR count). The highest BCUT2D eigenvalue weighted by Crippen LogP contribution is 2.24. The molecule has 31 heavy (non-hydrogen) atoms. The summed E-state index contributed by atoms with van der Waals surface area (Å²) < 4.78 is 12.2. The van der Waals surface area contributed by atoms with Crippen molar-refractivity contribution >= 4 is 40.3 Å². The molecule has 3 aromatic carbocycles. The maximum Gasteiger partial charge on any atom is 0.266 e. The number of nitrogens with one attached hydrogen (secondary N) is 1. The van der Waals surface area contributed by atoms with Crippen molar-refractivity contribution in [2.24, 2.45) is 0 Å². The topological polar surface area (TPSA) is 71.3 Å². The van der Waals surface area contributed by atoms with Crippen LogP contribution in [0.25, 0.3) is 6.08 Å². The fourth-order valence-corrected chi connectivity index (χ4v) is 3.46. The molecule has 0 unspecified atom stereocenters. The van der Waals surface area contributed by atoms with Crippen molar-refractivity contribution in [3.8, 4) is 17.6 Å². The number of hydrogen-bond donors (Lipinski definition) is 1. The van der Waals surface area contributed by atoms with Gasteiger partial charge >= 0.3 is 0 Å². The number of carbonyl (C=O) groups is 1. The summed E-state index contributed by atoms with van der Waals surface area (Å²) in [6.45, 7) is 2.96. The Labute approximate surface area is 195 Å². The highest BCUT2D eigenvalue weighted by Gasteiger charge is 2.11. The summed E-state index contributed by atoms with van der Waals surface area (Å²) in [5.41, 5.74) is 2.43. The number of rotatable bonds is 8. The maximum absolute atomic E-state index is 12.5. The van der Waals surface area contributed by atoms with Gasteiger partial charge in [-0.15, -0.1) is 0 Å². The van der Waals surface area contributed by atoms with Crippen LogP contribution in [0.3, 0.4) is 0 Å². The third-order valence-corrected chi connectivity index (χ3v) is 5.14. The molecular formula is C25H21IN2O3. The van der Waals surface area contributed by atoms with Crippen LogP contribution in [-0.4, -0.2) is 12.5 Å². The van der Waals surface area contributed by atoms with Gasteiger partial charge in [-0.25, -0.2) is 0 Å². The average molecular weight is 524 g/mol. The van der Waals surface area contributed by atoms with Gasteiger partial charge < -0.3 is 14.8 Å². The van der Waals surface area contributed by atoms with Crippen LogP contribution in [0.2, 0.25) is 0 Å². The largest absolute Gasteiger partial charge is 0.493 e. The summed E-state index contributed by atoms with van der Waals surface area (Å²) in [5.74, 6) is 1.00. The first-order valence-electron chi connectivity index (χ1n) is 9.71. The molecule has 3 aromatic rings. The molecule has 0 aliphatic rings. The monoisotopic (exact) mass is 524 g/mol. The van der Waals surface area contributed by atoms with E-state index in [1.807, 2.05) is 61.5 Å². The number of halogens is 1. The molecule has 0 atom stereocenters. The van der Waals surface area contributed by atoms with Crippen LogP contribution in [0, 0.1) is 14.9 Å². The van der Waals surface area contributed by atoms with Gasteiger partial charge in [-0.3, -0.25) is 4.79 Å². The van der Waals surface area contributed by atoms with Crippen molar-refractivity contribution in [3.05, 3.63) is 93.1 Å². The van der Waals surface area contributed by atoms with Crippen molar-refractivity contribution < 1.29 is 14.3 Å². The van der Waals surface area contributed by atoms with E-state index >= 15 is 0 Å². The Bertz CT molecular complexity index is 1100. The lowest BCUT2D eigenvalue weighted by molar-refractivity contribution is -0.112. The first-order valence-corrected chi connectivity index (χ1v) is 10.8. The molecule has 0 aliphatic heterocycles. The first kappa shape index (κ1) is 22.4. The lowest BCUT2D eigenvalue weighted by Gasteiger charge is -2.09. The number of carbonyl (C=O) groups excluding carboxylic acids is 1. The van der Waals surface area contributed by atoms with E-state index in [0.717, 1.165) is 20.4 Å². The second-order valence-electron chi connectivity index (χ2n) is 6.55. The Kier molecular flexibility index (Phi) is 8.07. The zero-order chi connectivity index (χ0) is 22.1. The van der Waals surface area contributed by atoms with Gasteiger partial charge in [0.15, 0.2) is 0 Å². The molecule has 0 aromatic heterocycles. The van der Waals surface area contributed by atoms with Gasteiger partial charge in [0, 0.05) is 5.69 Å². The van der Waals surface area contributed by atoms with Crippen LogP contribution in [0.15, 0.2) is 78.4 Å². The Morgan fingerprint density at radius 1 is 1.06 bits per heavy atom. The SMILES string of the molecule is CCOc1ccc(/C=C(\C#N)C(=O)Nc2ccc(OCc3ccccc3)cc2)cc1I. The van der Waals surface area contributed by atoms with E-state index in [2.05, 4.69) is 27.9 Å². The van der Waals surface area contributed by atoms with Gasteiger partial charge in [0.25, 0.3) is 5.91 Å². The Balaban J connectivity index is 1.63. The van der Waals surface area contributed by atoms with E-state index in [9.17, 15) is 10.1 Å². The van der Waals surface area contributed by atoms with Crippen molar-refractivity contribution in [1.29, 1.82) is 5.26 Å². The normalized spacial score (nSPS) is 10.8. The standard InChI is InChI=1S/C25H21IN2O3/c1-2-30-24-13-8-19(15-23(24)26)14-20(16-27)25(29)28-21-9-11-22(12-10-21)31-17-18-6-4-3-5-7-18/h3-15H,2,17H2,1H3,(H,28,29)/b20-14+. The number of ether oxygens (including phenoxy) is 2. The van der Waals surface area contributed by atoms with Crippen LogP contribution >= 0.6 is 22.6 Å². The molecule has 1 N–H and O–H groups in total. The van der Waals surface area contributed by atoms with Gasteiger partial charge in [0.1, 0.15) is 29.7 Å². The minimum absolute atomic E-state index is 0.0179. The van der Waals surface area contributed by atoms with Crippen molar-refractivity contribution in [3.63, 3.8) is 0 Å². The summed E-state index contributed by atoms with van der Waals surface area (Å²) in [6, 6.07) is 24.4. The molecule has 0 spiro atoms. The molecule has 0 saturated carbocycles. The van der Waals surface area contributed by atoms with Crippen LogP contribution in [0.4, 0.5) is 5.69 Å². The zero-order valence-corrected chi connectivity index (χ0v) is 19.1. The summed E-state index contributed by atoms with van der Waals surface area (Å²) in [7, 11) is 0. The van der Waals surface area contributed by atoms with Gasteiger partial charge in [-0.05, 0) is 83.1 Å². The first-order chi connectivity index (χ1) is 15.1. The van der Waals surface area contributed by atoms with E-state index in [1.54, 1.807) is 30.3 Å². The van der Waals surface area contributed by atoms with Gasteiger partial charge in [0.2, 0.25) is 0 Å². The minimum Gasteiger partial charge on any atom is -0.493 e. The van der Waals surface area contributed by atoms with Crippen LogP contribution in [0.5, 0.6) is 11.5 Å². The van der Waals surface area contributed by atoms with Crippen LogP contribution < -0.4 is 14.8 Å². The zero-order valence-electron chi connectivity index (χ0n) is 17.0. The lowest BCUT2D eigenvalue weighted by atomic mass is 10.1. The molecule has 0 fully saturated rings. The van der Waals surface area contributed by atoms with Crippen LogP contribution in [-0.2, 0) is 11.4 Å². The highest BCUT2D eigenvalue weighted by molar-refractivity contribution is 14.1. The number of nitrogens with zero attached hydrogens (tertiary/aromatic N) is 1. The molecule has 0 bridgehead atoms. The predicted molar refractivity (Wildman–Crippen MR) is 130 cm³/mol. The second-order valence-corrected chi connectivity index (χ2v) is 7.71. The van der Waals surface area contributed by atoms with Gasteiger partial charge in [-0.1, -0.05) is 36.4 Å². The van der Waals surface area contributed by atoms with Crippen molar-refractivity contribution in [1.82, 2.24) is 0 Å². The molecule has 156 valence electrons. The maximum atomic E-state index is 12.5. The smallest absolute Gasteiger partial charge is 0.266 e. The summed E-state index contributed by atoms with van der Waals surface area (Å²) in [6.07, 6.45) is 1.56. The third-order valence-electron chi connectivity index (χ3n) is 4.29. The highest BCUT2D eigenvalue weighted by atomic mass is 127. The molecule has 0 heterocycles. The van der Waals surface area contributed by atoms with E-state index in [-0.39, 0.29) is 5.57 Å². The number of hydrogen-bond acceptors (Lipinski definition) is 4. The molecule has 5 nitrogen and oxygen atoms in total. The third kappa shape index (κ3) is 6.59. The van der Waals surface area contributed by atoms with Crippen molar-refractivity contribution in [2.75, 3.05) is 11.9 Å². The van der Waals surface area contributed by atoms with Crippen LogP contribution in [0.1, 0.15) is 18.1 Å². The lowest BCUT2D eigenvalue weighted by Crippen LogP contribution is -2.13. The van der Waals surface area contributed by atoms with Gasteiger partial charge in [0.05, 0.1) is 10.2 Å². The van der Waals surface area contributed by atoms with E-state index < -0.39 is 5.91 Å². The summed E-state index contributed by atoms with van der Waals surface area (Å²) in [4.78, 5) is 12.5. The Morgan fingerprint density at radius 3 is 2.45 bits per heavy atom. The number of benzene rings is 3. The molecule has 0 radical (unpaired) electrons. The quantitative estimate of drug-likeness (QED) is 0.229. The molecule has 1 amide bonds. The predicted octanol–water partition coefficient (Wildman–Crippen LogP) is 5.81. The molecule has 0 aliphatic carbocycles. The molecular weight excluding hydrogens is 503 g/mol. The van der Waals surface area contributed by atoms with Crippen molar-refractivity contribution in [2.45, 2.75) is 13.5 Å². The average Bonchev–Trinajstić information content (AvgIpc) is 2.79.